The van der Waals surface area contributed by atoms with E-state index in [1.165, 1.54) is 17.5 Å². The summed E-state index contributed by atoms with van der Waals surface area (Å²) >= 11 is 0. The largest absolute Gasteiger partial charge is 0.488 e. The third-order valence-corrected chi connectivity index (χ3v) is 5.81. The van der Waals surface area contributed by atoms with Crippen molar-refractivity contribution in [1.29, 1.82) is 0 Å². The third kappa shape index (κ3) is 3.78. The molecule has 11 heteroatoms. The highest BCUT2D eigenvalue weighted by atomic mass is 19.1. The van der Waals surface area contributed by atoms with Crippen molar-refractivity contribution in [2.45, 2.75) is 32.2 Å². The number of amides is 1. The van der Waals surface area contributed by atoms with Gasteiger partial charge < -0.3 is 14.6 Å². The summed E-state index contributed by atoms with van der Waals surface area (Å²) in [6.45, 7) is -0.646. The van der Waals surface area contributed by atoms with Gasteiger partial charge in [-0.1, -0.05) is 13.5 Å². The molecule has 0 spiro atoms. The van der Waals surface area contributed by atoms with Crippen LogP contribution in [-0.4, -0.2) is 53.9 Å². The number of nitrogens with zero attached hydrogens (tertiary/aromatic N) is 7. The Morgan fingerprint density at radius 3 is 2.94 bits per heavy atom. The van der Waals surface area contributed by atoms with Crippen LogP contribution in [0.1, 0.15) is 48.4 Å². The number of aromatic nitrogens is 7. The molecule has 3 aromatic heterocycles. The van der Waals surface area contributed by atoms with Gasteiger partial charge in [0, 0.05) is 18.3 Å². The van der Waals surface area contributed by atoms with Crippen LogP contribution < -0.4 is 10.1 Å². The molecule has 0 saturated heterocycles. The number of hydrogen-bond donors (Lipinski definition) is 1. The van der Waals surface area contributed by atoms with Gasteiger partial charge in [0.1, 0.15) is 25.0 Å². The molecule has 0 radical (unpaired) electrons. The maximum absolute atomic E-state index is 13.5. The van der Waals surface area contributed by atoms with E-state index in [1.54, 1.807) is 36.8 Å². The fourth-order valence-electron chi connectivity index (χ4n) is 3.90. The molecule has 4 aromatic rings. The van der Waals surface area contributed by atoms with Crippen LogP contribution in [0.5, 0.6) is 5.75 Å². The SMILES string of the molecule is C.O=C(Nc1cccc2c1OC[C@H](CF)n1nnnc1-2)c1cc(-n2cnc(C3CC3)c2)ccn1. The van der Waals surface area contributed by atoms with E-state index in [-0.39, 0.29) is 19.7 Å². The lowest BCUT2D eigenvalue weighted by molar-refractivity contribution is 0.102. The van der Waals surface area contributed by atoms with Crippen molar-refractivity contribution in [2.24, 2.45) is 0 Å². The summed E-state index contributed by atoms with van der Waals surface area (Å²) < 4.78 is 22.7. The zero-order chi connectivity index (χ0) is 22.4. The third-order valence-electron chi connectivity index (χ3n) is 5.81. The number of carbonyl (C=O) groups excluding carboxylic acids is 1. The predicted molar refractivity (Wildman–Crippen MR) is 122 cm³/mol. The number of pyridine rings is 1. The van der Waals surface area contributed by atoms with Crippen molar-refractivity contribution < 1.29 is 13.9 Å². The average Bonchev–Trinajstić information content (AvgIpc) is 3.42. The van der Waals surface area contributed by atoms with Gasteiger partial charge in [0.05, 0.1) is 29.0 Å². The highest BCUT2D eigenvalue weighted by Gasteiger charge is 2.28. The van der Waals surface area contributed by atoms with Gasteiger partial charge in [-0.05, 0) is 47.5 Å². The molecule has 2 aliphatic rings. The number of hydrogen-bond acceptors (Lipinski definition) is 7. The first-order valence-electron chi connectivity index (χ1n) is 10.6. The highest BCUT2D eigenvalue weighted by Crippen LogP contribution is 2.40. The molecule has 174 valence electrons. The summed E-state index contributed by atoms with van der Waals surface area (Å²) in [7, 11) is 0. The summed E-state index contributed by atoms with van der Waals surface area (Å²) in [5, 5.41) is 14.4. The topological polar surface area (TPSA) is 113 Å². The summed E-state index contributed by atoms with van der Waals surface area (Å²) in [6, 6.07) is 8.10. The fraction of sp³-hybridized carbons (Fsp3) is 0.304. The molecular weight excluding hydrogens is 439 g/mol. The van der Waals surface area contributed by atoms with Gasteiger partial charge in [-0.2, -0.15) is 0 Å². The van der Waals surface area contributed by atoms with E-state index < -0.39 is 18.6 Å². The molecule has 1 fully saturated rings. The van der Waals surface area contributed by atoms with E-state index in [0.717, 1.165) is 11.4 Å². The molecule has 1 aliphatic heterocycles. The van der Waals surface area contributed by atoms with Crippen molar-refractivity contribution in [3.63, 3.8) is 0 Å². The van der Waals surface area contributed by atoms with Crippen molar-refractivity contribution in [2.75, 3.05) is 18.6 Å². The van der Waals surface area contributed by atoms with Crippen LogP contribution in [0.3, 0.4) is 0 Å². The molecule has 1 amide bonds. The molecule has 1 aliphatic carbocycles. The number of carbonyl (C=O) groups is 1. The molecule has 1 saturated carbocycles. The Kier molecular flexibility index (Phi) is 5.52. The summed E-state index contributed by atoms with van der Waals surface area (Å²) in [5.74, 6) is 0.912. The Bertz CT molecular complexity index is 1350. The molecule has 1 atom stereocenters. The van der Waals surface area contributed by atoms with Crippen molar-refractivity contribution in [3.8, 4) is 22.8 Å². The predicted octanol–water partition coefficient (Wildman–Crippen LogP) is 3.59. The number of alkyl halides is 1. The van der Waals surface area contributed by atoms with E-state index in [4.69, 9.17) is 4.74 Å². The van der Waals surface area contributed by atoms with Gasteiger partial charge in [-0.15, -0.1) is 5.10 Å². The maximum atomic E-state index is 13.5. The maximum Gasteiger partial charge on any atom is 0.274 e. The van der Waals surface area contributed by atoms with Crippen LogP contribution in [0.4, 0.5) is 10.1 Å². The van der Waals surface area contributed by atoms with E-state index in [0.29, 0.717) is 28.7 Å². The molecular formula is C23H23FN8O2. The number of anilines is 1. The Labute approximate surface area is 194 Å². The number of para-hydroxylation sites is 1. The fourth-order valence-corrected chi connectivity index (χ4v) is 3.90. The molecule has 0 unspecified atom stereocenters. The first-order valence-corrected chi connectivity index (χ1v) is 10.6. The lowest BCUT2D eigenvalue weighted by atomic mass is 10.1. The lowest BCUT2D eigenvalue weighted by Crippen LogP contribution is -2.19. The second kappa shape index (κ2) is 8.65. The molecule has 1 aromatic carbocycles. The highest BCUT2D eigenvalue weighted by molar-refractivity contribution is 6.04. The Morgan fingerprint density at radius 2 is 2.12 bits per heavy atom. The van der Waals surface area contributed by atoms with Crippen LogP contribution in [0.2, 0.25) is 0 Å². The number of halogens is 1. The van der Waals surface area contributed by atoms with Gasteiger partial charge >= 0.3 is 0 Å². The van der Waals surface area contributed by atoms with Gasteiger partial charge in [-0.3, -0.25) is 9.78 Å². The second-order valence-corrected chi connectivity index (χ2v) is 8.08. The number of rotatable bonds is 5. The first-order chi connectivity index (χ1) is 16.2. The standard InChI is InChI=1S/C22H19FN8O2.CH4/c23-9-15-11-33-20-16(21-27-28-29-31(15)21)2-1-3-17(20)26-22(32)18-8-14(6-7-24-18)30-10-19(25-12-30)13-4-5-13;/h1-3,6-8,10,12-13,15H,4-5,9,11H2,(H,26,32);1H4/t15-;/m0./s1. The molecule has 4 heterocycles. The molecule has 6 rings (SSSR count). The van der Waals surface area contributed by atoms with Gasteiger partial charge in [-0.25, -0.2) is 14.1 Å². The molecule has 0 bridgehead atoms. The lowest BCUT2D eigenvalue weighted by Gasteiger charge is -2.14. The Hall–Kier alpha value is -4.15. The van der Waals surface area contributed by atoms with Crippen molar-refractivity contribution >= 4 is 11.6 Å². The quantitative estimate of drug-likeness (QED) is 0.482. The van der Waals surface area contributed by atoms with E-state index in [1.807, 2.05) is 16.8 Å². The van der Waals surface area contributed by atoms with Gasteiger partial charge in [0.15, 0.2) is 11.6 Å². The van der Waals surface area contributed by atoms with E-state index in [9.17, 15) is 9.18 Å². The Morgan fingerprint density at radius 1 is 1.24 bits per heavy atom. The number of fused-ring (bicyclic) bond motifs is 3. The summed E-state index contributed by atoms with van der Waals surface area (Å²) in [4.78, 5) is 21.7. The van der Waals surface area contributed by atoms with E-state index >= 15 is 0 Å². The van der Waals surface area contributed by atoms with Crippen LogP contribution in [0.25, 0.3) is 17.1 Å². The number of imidazole rings is 1. The smallest absolute Gasteiger partial charge is 0.274 e. The zero-order valence-electron chi connectivity index (χ0n) is 17.4. The van der Waals surface area contributed by atoms with Crippen molar-refractivity contribution in [1.82, 2.24) is 34.7 Å². The molecule has 34 heavy (non-hydrogen) atoms. The average molecular weight is 462 g/mol. The number of tetrazole rings is 1. The minimum Gasteiger partial charge on any atom is -0.488 e. The minimum atomic E-state index is -0.679. The molecule has 10 nitrogen and oxygen atoms in total. The zero-order valence-corrected chi connectivity index (χ0v) is 17.4. The van der Waals surface area contributed by atoms with Crippen LogP contribution in [0, 0.1) is 0 Å². The van der Waals surface area contributed by atoms with Crippen LogP contribution >= 0.6 is 0 Å². The number of benzene rings is 1. The first kappa shape index (κ1) is 21.7. The van der Waals surface area contributed by atoms with Crippen molar-refractivity contribution in [3.05, 3.63) is 60.4 Å². The Balaban J connectivity index is 0.00000241. The monoisotopic (exact) mass is 462 g/mol. The number of ether oxygens (including phenoxy) is 1. The van der Waals surface area contributed by atoms with Gasteiger partial charge in [0.25, 0.3) is 5.91 Å². The second-order valence-electron chi connectivity index (χ2n) is 8.08. The summed E-state index contributed by atoms with van der Waals surface area (Å²) in [6.07, 6.45) is 7.67. The van der Waals surface area contributed by atoms with E-state index in [2.05, 4.69) is 30.8 Å². The van der Waals surface area contributed by atoms with Crippen LogP contribution in [0.15, 0.2) is 49.1 Å². The van der Waals surface area contributed by atoms with Gasteiger partial charge in [0.2, 0.25) is 0 Å². The number of nitrogens with one attached hydrogen (secondary N) is 1. The normalized spacial score (nSPS) is 16.4. The minimum absolute atomic E-state index is 0. The summed E-state index contributed by atoms with van der Waals surface area (Å²) in [5.41, 5.74) is 3.10. The van der Waals surface area contributed by atoms with Crippen LogP contribution in [-0.2, 0) is 0 Å². The molecule has 1 N–H and O–H groups in total.